The van der Waals surface area contributed by atoms with Gasteiger partial charge in [0.2, 0.25) is 0 Å². The van der Waals surface area contributed by atoms with Crippen molar-refractivity contribution in [2.24, 2.45) is 0 Å². The Morgan fingerprint density at radius 2 is 1.82 bits per heavy atom. The van der Waals surface area contributed by atoms with Crippen LogP contribution >= 0.6 is 23.2 Å². The number of nitriles is 1. The molecule has 0 spiro atoms. The van der Waals surface area contributed by atoms with E-state index in [1.807, 2.05) is 6.07 Å². The maximum atomic E-state index is 13.7. The van der Waals surface area contributed by atoms with Crippen molar-refractivity contribution in [2.45, 2.75) is 0 Å². The van der Waals surface area contributed by atoms with Gasteiger partial charge in [-0.25, -0.2) is 4.39 Å². The van der Waals surface area contributed by atoms with Gasteiger partial charge < -0.3 is 0 Å². The molecule has 0 unspecified atom stereocenters. The van der Waals surface area contributed by atoms with Gasteiger partial charge in [-0.05, 0) is 24.3 Å². The van der Waals surface area contributed by atoms with Crippen LogP contribution in [0.15, 0.2) is 36.4 Å². The SMILES string of the molecule is N#Cc1ccc(-c2c(F)cccc2Cl)c(Cl)c1. The van der Waals surface area contributed by atoms with Crippen LogP contribution in [0.5, 0.6) is 0 Å². The molecule has 0 heterocycles. The zero-order valence-corrected chi connectivity index (χ0v) is 10.1. The Kier molecular flexibility index (Phi) is 3.33. The molecule has 17 heavy (non-hydrogen) atoms. The normalized spacial score (nSPS) is 10.0. The summed E-state index contributed by atoms with van der Waals surface area (Å²) in [4.78, 5) is 0. The summed E-state index contributed by atoms with van der Waals surface area (Å²) in [5.41, 5.74) is 1.16. The minimum atomic E-state index is -0.441. The first-order valence-electron chi connectivity index (χ1n) is 4.77. The summed E-state index contributed by atoms with van der Waals surface area (Å²) >= 11 is 12.0. The van der Waals surface area contributed by atoms with Gasteiger partial charge >= 0.3 is 0 Å². The zero-order chi connectivity index (χ0) is 12.4. The summed E-state index contributed by atoms with van der Waals surface area (Å²) in [6, 6.07) is 11.0. The molecule has 0 saturated heterocycles. The molecule has 2 aromatic rings. The number of nitrogens with zero attached hydrogens (tertiary/aromatic N) is 1. The Labute approximate surface area is 108 Å². The molecule has 0 atom stereocenters. The number of rotatable bonds is 1. The summed E-state index contributed by atoms with van der Waals surface area (Å²) in [7, 11) is 0. The molecule has 2 rings (SSSR count). The van der Waals surface area contributed by atoms with E-state index in [0.29, 0.717) is 16.1 Å². The fourth-order valence-electron chi connectivity index (χ4n) is 1.54. The molecule has 2 aromatic carbocycles. The highest BCUT2D eigenvalue weighted by Crippen LogP contribution is 2.35. The molecule has 0 aliphatic heterocycles. The largest absolute Gasteiger partial charge is 0.206 e. The number of hydrogen-bond donors (Lipinski definition) is 0. The van der Waals surface area contributed by atoms with Gasteiger partial charge in [0.1, 0.15) is 5.82 Å². The highest BCUT2D eigenvalue weighted by atomic mass is 35.5. The quantitative estimate of drug-likeness (QED) is 0.735. The molecule has 0 N–H and O–H groups in total. The molecule has 0 amide bonds. The predicted molar refractivity (Wildman–Crippen MR) is 66.6 cm³/mol. The molecule has 4 heteroatoms. The second-order valence-electron chi connectivity index (χ2n) is 3.40. The van der Waals surface area contributed by atoms with Crippen LogP contribution in [0, 0.1) is 17.1 Å². The Bertz CT molecular complexity index is 597. The average Bonchev–Trinajstić information content (AvgIpc) is 2.30. The van der Waals surface area contributed by atoms with Crippen LogP contribution in [0.1, 0.15) is 5.56 Å². The monoisotopic (exact) mass is 265 g/mol. The minimum Gasteiger partial charge on any atom is -0.206 e. The first kappa shape index (κ1) is 11.9. The molecule has 0 aliphatic rings. The summed E-state index contributed by atoms with van der Waals surface area (Å²) in [6.07, 6.45) is 0. The molecule has 0 bridgehead atoms. The fourth-order valence-corrected chi connectivity index (χ4v) is 2.08. The Balaban J connectivity index is 2.66. The van der Waals surface area contributed by atoms with Gasteiger partial charge in [0, 0.05) is 16.1 Å². The molecule has 0 radical (unpaired) electrons. The lowest BCUT2D eigenvalue weighted by atomic mass is 10.0. The van der Waals surface area contributed by atoms with Crippen LogP contribution in [0.4, 0.5) is 4.39 Å². The lowest BCUT2D eigenvalue weighted by molar-refractivity contribution is 0.631. The number of halogens is 3. The van der Waals surface area contributed by atoms with E-state index in [1.165, 1.54) is 18.2 Å². The van der Waals surface area contributed by atoms with Crippen molar-refractivity contribution in [3.05, 3.63) is 57.8 Å². The second-order valence-corrected chi connectivity index (χ2v) is 4.22. The third-order valence-electron chi connectivity index (χ3n) is 2.33. The van der Waals surface area contributed by atoms with Crippen molar-refractivity contribution in [1.29, 1.82) is 5.26 Å². The predicted octanol–water partition coefficient (Wildman–Crippen LogP) is 4.67. The van der Waals surface area contributed by atoms with Crippen LogP contribution < -0.4 is 0 Å². The van der Waals surface area contributed by atoms with Gasteiger partial charge in [-0.15, -0.1) is 0 Å². The van der Waals surface area contributed by atoms with Crippen molar-refractivity contribution >= 4 is 23.2 Å². The first-order chi connectivity index (χ1) is 8.13. The smallest absolute Gasteiger partial charge is 0.132 e. The Hall–Kier alpha value is -1.56. The van der Waals surface area contributed by atoms with Crippen LogP contribution in [0.3, 0.4) is 0 Å². The van der Waals surface area contributed by atoms with Gasteiger partial charge in [-0.2, -0.15) is 5.26 Å². The molecule has 0 aromatic heterocycles. The van der Waals surface area contributed by atoms with Gasteiger partial charge in [-0.3, -0.25) is 0 Å². The van der Waals surface area contributed by atoms with E-state index in [1.54, 1.807) is 18.2 Å². The fraction of sp³-hybridized carbons (Fsp3) is 0. The lowest BCUT2D eigenvalue weighted by Gasteiger charge is -2.08. The molecule has 0 aliphatic carbocycles. The highest BCUT2D eigenvalue weighted by Gasteiger charge is 2.12. The van der Waals surface area contributed by atoms with E-state index in [0.717, 1.165) is 0 Å². The maximum Gasteiger partial charge on any atom is 0.132 e. The van der Waals surface area contributed by atoms with Gasteiger partial charge in [0.05, 0.1) is 16.7 Å². The Morgan fingerprint density at radius 1 is 1.06 bits per heavy atom. The molecule has 1 nitrogen and oxygen atoms in total. The van der Waals surface area contributed by atoms with Gasteiger partial charge in [0.25, 0.3) is 0 Å². The van der Waals surface area contributed by atoms with Crippen molar-refractivity contribution in [2.75, 3.05) is 0 Å². The third-order valence-corrected chi connectivity index (χ3v) is 2.96. The van der Waals surface area contributed by atoms with E-state index >= 15 is 0 Å². The van der Waals surface area contributed by atoms with Crippen molar-refractivity contribution in [1.82, 2.24) is 0 Å². The lowest BCUT2D eigenvalue weighted by Crippen LogP contribution is -1.87. The minimum absolute atomic E-state index is 0.253. The third kappa shape index (κ3) is 2.26. The van der Waals surface area contributed by atoms with Crippen molar-refractivity contribution in [3.8, 4) is 17.2 Å². The van der Waals surface area contributed by atoms with E-state index in [9.17, 15) is 4.39 Å². The molecule has 0 fully saturated rings. The van der Waals surface area contributed by atoms with Crippen LogP contribution in [0.25, 0.3) is 11.1 Å². The zero-order valence-electron chi connectivity index (χ0n) is 8.55. The summed E-state index contributed by atoms with van der Waals surface area (Å²) in [6.45, 7) is 0. The topological polar surface area (TPSA) is 23.8 Å². The van der Waals surface area contributed by atoms with Crippen molar-refractivity contribution in [3.63, 3.8) is 0 Å². The molecule has 84 valence electrons. The van der Waals surface area contributed by atoms with Crippen molar-refractivity contribution < 1.29 is 4.39 Å². The molecular weight excluding hydrogens is 260 g/mol. The summed E-state index contributed by atoms with van der Waals surface area (Å²) < 4.78 is 13.7. The van der Waals surface area contributed by atoms with Crippen LogP contribution in [-0.2, 0) is 0 Å². The molecular formula is C13H6Cl2FN. The second kappa shape index (κ2) is 4.75. The van der Waals surface area contributed by atoms with E-state index in [2.05, 4.69) is 0 Å². The summed E-state index contributed by atoms with van der Waals surface area (Å²) in [5, 5.41) is 9.31. The van der Waals surface area contributed by atoms with Crippen LogP contribution in [-0.4, -0.2) is 0 Å². The van der Waals surface area contributed by atoms with Gasteiger partial charge in [-0.1, -0.05) is 35.3 Å². The Morgan fingerprint density at radius 3 is 2.41 bits per heavy atom. The first-order valence-corrected chi connectivity index (χ1v) is 5.53. The van der Waals surface area contributed by atoms with Crippen LogP contribution in [0.2, 0.25) is 10.0 Å². The van der Waals surface area contributed by atoms with E-state index < -0.39 is 5.82 Å². The standard InChI is InChI=1S/C13H6Cl2FN/c14-10-2-1-3-12(16)13(10)9-5-4-8(7-17)6-11(9)15/h1-6H. The highest BCUT2D eigenvalue weighted by molar-refractivity contribution is 6.36. The molecule has 0 saturated carbocycles. The van der Waals surface area contributed by atoms with E-state index in [4.69, 9.17) is 28.5 Å². The van der Waals surface area contributed by atoms with Gasteiger partial charge in [0.15, 0.2) is 0 Å². The number of hydrogen-bond acceptors (Lipinski definition) is 1. The van der Waals surface area contributed by atoms with E-state index in [-0.39, 0.29) is 10.6 Å². The maximum absolute atomic E-state index is 13.7. The summed E-state index contributed by atoms with van der Waals surface area (Å²) in [5.74, 6) is -0.441. The number of benzene rings is 2. The average molecular weight is 266 g/mol.